The largest absolute Gasteiger partial charge is 0.323 e. The molecule has 2 saturated heterocycles. The van der Waals surface area contributed by atoms with E-state index in [1.165, 1.54) is 12.8 Å². The van der Waals surface area contributed by atoms with Gasteiger partial charge >= 0.3 is 6.03 Å². The molecule has 5 nitrogen and oxygen atoms in total. The number of carbonyl (C=O) groups excluding carboxylic acids is 2. The number of amides is 3. The molecule has 94 valence electrons. The lowest BCUT2D eigenvalue weighted by atomic mass is 9.63. The van der Waals surface area contributed by atoms with Crippen molar-refractivity contribution in [2.45, 2.75) is 44.1 Å². The zero-order valence-electron chi connectivity index (χ0n) is 9.97. The van der Waals surface area contributed by atoms with Gasteiger partial charge in [0, 0.05) is 0 Å². The van der Waals surface area contributed by atoms with Crippen LogP contribution in [0.25, 0.3) is 0 Å². The second-order valence-corrected chi connectivity index (χ2v) is 5.74. The lowest BCUT2D eigenvalue weighted by Crippen LogP contribution is -2.52. The van der Waals surface area contributed by atoms with Crippen LogP contribution in [0.3, 0.4) is 0 Å². The highest BCUT2D eigenvalue weighted by Gasteiger charge is 2.51. The third-order valence-electron chi connectivity index (χ3n) is 4.84. The van der Waals surface area contributed by atoms with Crippen LogP contribution in [0.2, 0.25) is 0 Å². The molecule has 1 aliphatic carbocycles. The van der Waals surface area contributed by atoms with Gasteiger partial charge in [0.25, 0.3) is 5.91 Å². The minimum Gasteiger partial charge on any atom is -0.323 e. The molecule has 17 heavy (non-hydrogen) atoms. The van der Waals surface area contributed by atoms with E-state index in [1.54, 1.807) is 0 Å². The van der Waals surface area contributed by atoms with Gasteiger partial charge in [-0.1, -0.05) is 0 Å². The van der Waals surface area contributed by atoms with Gasteiger partial charge in [0.2, 0.25) is 0 Å². The van der Waals surface area contributed by atoms with Gasteiger partial charge in [-0.15, -0.1) is 0 Å². The van der Waals surface area contributed by atoms with E-state index in [1.807, 2.05) is 0 Å². The molecule has 0 unspecified atom stereocenters. The summed E-state index contributed by atoms with van der Waals surface area (Å²) >= 11 is 0. The summed E-state index contributed by atoms with van der Waals surface area (Å²) in [6.07, 6.45) is 6.12. The van der Waals surface area contributed by atoms with Crippen molar-refractivity contribution >= 4 is 11.9 Å². The van der Waals surface area contributed by atoms with Crippen LogP contribution in [0.15, 0.2) is 0 Å². The Bertz CT molecular complexity index is 351. The van der Waals surface area contributed by atoms with Crippen LogP contribution in [0.1, 0.15) is 38.5 Å². The van der Waals surface area contributed by atoms with Crippen LogP contribution >= 0.6 is 0 Å². The maximum atomic E-state index is 11.8. The molecular weight excluding hydrogens is 218 g/mol. The number of piperidine rings is 1. The normalized spacial score (nSPS) is 30.4. The maximum absolute atomic E-state index is 11.8. The fraction of sp³-hybridized carbons (Fsp3) is 0.833. The van der Waals surface area contributed by atoms with Crippen molar-refractivity contribution in [2.24, 2.45) is 5.41 Å². The van der Waals surface area contributed by atoms with Gasteiger partial charge in [-0.05, 0) is 57.0 Å². The van der Waals surface area contributed by atoms with Crippen LogP contribution in [-0.4, -0.2) is 30.6 Å². The van der Waals surface area contributed by atoms with Gasteiger partial charge in [0.15, 0.2) is 0 Å². The molecule has 3 aliphatic rings. The average Bonchev–Trinajstić information content (AvgIpc) is 2.60. The van der Waals surface area contributed by atoms with Gasteiger partial charge in [-0.3, -0.25) is 10.1 Å². The highest BCUT2D eigenvalue weighted by molar-refractivity contribution is 6.07. The monoisotopic (exact) mass is 237 g/mol. The first-order valence-corrected chi connectivity index (χ1v) is 6.49. The van der Waals surface area contributed by atoms with E-state index < -0.39 is 5.54 Å². The summed E-state index contributed by atoms with van der Waals surface area (Å²) in [4.78, 5) is 23.1. The van der Waals surface area contributed by atoms with E-state index in [0.29, 0.717) is 5.41 Å². The predicted octanol–water partition coefficient (Wildman–Crippen LogP) is 0.508. The van der Waals surface area contributed by atoms with Crippen molar-refractivity contribution < 1.29 is 9.59 Å². The Morgan fingerprint density at radius 3 is 2.06 bits per heavy atom. The molecular formula is C12H19N3O2. The van der Waals surface area contributed by atoms with Gasteiger partial charge < -0.3 is 10.6 Å². The molecule has 3 fully saturated rings. The summed E-state index contributed by atoms with van der Waals surface area (Å²) in [6, 6.07) is -0.323. The topological polar surface area (TPSA) is 70.2 Å². The Labute approximate surface area is 101 Å². The molecule has 2 aliphatic heterocycles. The lowest BCUT2D eigenvalue weighted by molar-refractivity contribution is -0.126. The smallest absolute Gasteiger partial charge is 0.322 e. The molecule has 3 N–H and O–H groups in total. The quantitative estimate of drug-likeness (QED) is 0.538. The van der Waals surface area contributed by atoms with E-state index in [-0.39, 0.29) is 11.9 Å². The molecule has 0 bridgehead atoms. The number of imide groups is 1. The summed E-state index contributed by atoms with van der Waals surface area (Å²) in [5.41, 5.74) is -0.169. The molecule has 3 rings (SSSR count). The molecule has 3 amide bonds. The molecule has 5 heteroatoms. The average molecular weight is 237 g/mol. The molecule has 1 saturated carbocycles. The zero-order valence-corrected chi connectivity index (χ0v) is 9.97. The van der Waals surface area contributed by atoms with Crippen LogP contribution in [0, 0.1) is 5.41 Å². The zero-order chi connectivity index (χ0) is 11.9. The summed E-state index contributed by atoms with van der Waals surface area (Å²) in [5.74, 6) is -0.119. The third kappa shape index (κ3) is 1.73. The van der Waals surface area contributed by atoms with Crippen molar-refractivity contribution in [3.05, 3.63) is 0 Å². The Hall–Kier alpha value is -1.10. The highest BCUT2D eigenvalue weighted by Crippen LogP contribution is 2.47. The maximum Gasteiger partial charge on any atom is 0.322 e. The number of hydrogen-bond donors (Lipinski definition) is 3. The van der Waals surface area contributed by atoms with Gasteiger partial charge in [0.1, 0.15) is 5.54 Å². The first-order chi connectivity index (χ1) is 8.14. The van der Waals surface area contributed by atoms with E-state index in [4.69, 9.17) is 0 Å². The highest BCUT2D eigenvalue weighted by atomic mass is 16.2. The number of hydrogen-bond acceptors (Lipinski definition) is 3. The Morgan fingerprint density at radius 2 is 1.53 bits per heavy atom. The summed E-state index contributed by atoms with van der Waals surface area (Å²) in [7, 11) is 0. The molecule has 0 aromatic carbocycles. The van der Waals surface area contributed by atoms with Crippen molar-refractivity contribution in [2.75, 3.05) is 13.1 Å². The SMILES string of the molecule is O=C1NC(=O)C2(CCC3(CCNCC3)CC2)N1. The molecule has 0 aromatic rings. The van der Waals surface area contributed by atoms with Crippen molar-refractivity contribution in [3.8, 4) is 0 Å². The number of nitrogens with one attached hydrogen (secondary N) is 3. The van der Waals surface area contributed by atoms with Gasteiger partial charge in [-0.25, -0.2) is 4.79 Å². The summed E-state index contributed by atoms with van der Waals surface area (Å²) < 4.78 is 0. The molecule has 2 heterocycles. The van der Waals surface area contributed by atoms with Crippen LogP contribution < -0.4 is 16.0 Å². The Kier molecular flexibility index (Phi) is 2.40. The van der Waals surface area contributed by atoms with E-state index >= 15 is 0 Å². The first-order valence-electron chi connectivity index (χ1n) is 6.49. The van der Waals surface area contributed by atoms with Gasteiger partial charge in [0.05, 0.1) is 0 Å². The van der Waals surface area contributed by atoms with Crippen LogP contribution in [0.4, 0.5) is 4.79 Å². The van der Waals surface area contributed by atoms with E-state index in [2.05, 4.69) is 16.0 Å². The van der Waals surface area contributed by atoms with E-state index in [0.717, 1.165) is 38.8 Å². The minimum atomic E-state index is -0.590. The number of urea groups is 1. The minimum absolute atomic E-state index is 0.119. The fourth-order valence-corrected chi connectivity index (χ4v) is 3.54. The van der Waals surface area contributed by atoms with Crippen molar-refractivity contribution in [1.29, 1.82) is 0 Å². The molecule has 2 spiro atoms. The van der Waals surface area contributed by atoms with Crippen LogP contribution in [-0.2, 0) is 4.79 Å². The third-order valence-corrected chi connectivity index (χ3v) is 4.84. The predicted molar refractivity (Wildman–Crippen MR) is 62.4 cm³/mol. The molecule has 0 radical (unpaired) electrons. The second kappa shape index (κ2) is 3.70. The summed E-state index contributed by atoms with van der Waals surface area (Å²) in [5, 5.41) is 8.58. The first kappa shape index (κ1) is 11.0. The van der Waals surface area contributed by atoms with Crippen molar-refractivity contribution in [3.63, 3.8) is 0 Å². The molecule has 0 aromatic heterocycles. The van der Waals surface area contributed by atoms with Crippen molar-refractivity contribution in [1.82, 2.24) is 16.0 Å². The fourth-order valence-electron chi connectivity index (χ4n) is 3.54. The standard InChI is InChI=1S/C12H19N3O2/c16-9-12(15-10(17)14-9)3-1-11(2-4-12)5-7-13-8-6-11/h13H,1-8H2,(H2,14,15,16,17). The lowest BCUT2D eigenvalue weighted by Gasteiger charge is -2.45. The second-order valence-electron chi connectivity index (χ2n) is 5.74. The molecule has 0 atom stereocenters. The number of carbonyl (C=O) groups is 2. The summed E-state index contributed by atoms with van der Waals surface area (Å²) in [6.45, 7) is 2.18. The van der Waals surface area contributed by atoms with Gasteiger partial charge in [-0.2, -0.15) is 0 Å². The Morgan fingerprint density at radius 1 is 0.882 bits per heavy atom. The van der Waals surface area contributed by atoms with E-state index in [9.17, 15) is 9.59 Å². The number of rotatable bonds is 0. The van der Waals surface area contributed by atoms with Crippen LogP contribution in [0.5, 0.6) is 0 Å². The Balaban J connectivity index is 1.71.